The van der Waals surface area contributed by atoms with Crippen LogP contribution in [-0.4, -0.2) is 37.2 Å². The Morgan fingerprint density at radius 2 is 1.42 bits per heavy atom. The van der Waals surface area contributed by atoms with E-state index in [1.54, 1.807) is 79.7 Å². The molecular weight excluding hydrogens is 618 g/mol. The number of amides is 1. The number of carboxylic acids is 1. The van der Waals surface area contributed by atoms with Crippen LogP contribution in [0.1, 0.15) is 32.6 Å². The highest BCUT2D eigenvalue weighted by Crippen LogP contribution is 2.54. The molecule has 0 aliphatic carbocycles. The summed E-state index contributed by atoms with van der Waals surface area (Å²) in [5, 5.41) is 12.4. The van der Waals surface area contributed by atoms with E-state index in [1.165, 1.54) is 4.90 Å². The number of nitrogen functional groups attached to an aromatic ring is 1. The minimum atomic E-state index is -5.19. The predicted octanol–water partition coefficient (Wildman–Crippen LogP) is 6.32. The van der Waals surface area contributed by atoms with Gasteiger partial charge in [-0.1, -0.05) is 42.8 Å². The number of carbonyl (C=O) groups is 2. The molecule has 3 N–H and O–H groups in total. The molecule has 0 saturated heterocycles. The Balaban J connectivity index is 0.000000900. The standard InChI is InChI=1S/C27H33N5O5P.C2HF3O2/c1-22(38(34,36-25-12-6-4-7-13-25)37-26-14-8-5-9-15-26)32(24-18-16-23(28)17-19-24)27(33)35-21-11-3-2-10-20-30-31-29;3-2(4,5)1(6)7/h4-9,12-19,22,29H,2-3,10-11,20-21,28H2,1H3;(H,6,7)/q+1;/p-1. The lowest BCUT2D eigenvalue weighted by Gasteiger charge is -2.33. The minimum absolute atomic E-state index is 0.181. The highest BCUT2D eigenvalue weighted by atomic mass is 31.2. The van der Waals surface area contributed by atoms with Crippen molar-refractivity contribution in [2.24, 2.45) is 5.11 Å². The number of para-hydroxylation sites is 2. The Labute approximate surface area is 257 Å². The highest BCUT2D eigenvalue weighted by molar-refractivity contribution is 7.55. The maximum absolute atomic E-state index is 14.4. The van der Waals surface area contributed by atoms with Crippen LogP contribution in [-0.2, 0) is 14.1 Å². The van der Waals surface area contributed by atoms with Crippen LogP contribution in [0.2, 0.25) is 0 Å². The van der Waals surface area contributed by atoms with Gasteiger partial charge in [0.25, 0.3) is 0 Å². The second-order valence-corrected chi connectivity index (χ2v) is 11.4. The number of carboxylic acid groups (broad SMARTS) is 1. The number of nitrogens with two attached hydrogens (primary N) is 1. The number of nitrogens with one attached hydrogen (secondary N) is 1. The van der Waals surface area contributed by atoms with Gasteiger partial charge in [0.15, 0.2) is 5.78 Å². The fourth-order valence-electron chi connectivity index (χ4n) is 3.59. The topological polar surface area (TPSA) is 182 Å². The first-order valence-electron chi connectivity index (χ1n) is 13.6. The fourth-order valence-corrected chi connectivity index (χ4v) is 5.28. The monoisotopic (exact) mass is 651 g/mol. The van der Waals surface area contributed by atoms with Crippen molar-refractivity contribution in [1.29, 1.82) is 5.53 Å². The van der Waals surface area contributed by atoms with Gasteiger partial charge in [-0.15, -0.1) is 0 Å². The number of aliphatic carboxylic acids is 1. The first-order chi connectivity index (χ1) is 21.4. The molecule has 0 bridgehead atoms. The molecule has 3 rings (SSSR count). The zero-order valence-electron chi connectivity index (χ0n) is 24.3. The second kappa shape index (κ2) is 18.1. The number of unbranched alkanes of at least 4 members (excludes halogenated alkanes) is 3. The average molecular weight is 652 g/mol. The van der Waals surface area contributed by atoms with Crippen molar-refractivity contribution < 1.29 is 46.2 Å². The van der Waals surface area contributed by atoms with E-state index in [2.05, 4.69) is 10.0 Å². The van der Waals surface area contributed by atoms with Crippen LogP contribution < -0.4 is 29.7 Å². The van der Waals surface area contributed by atoms with E-state index < -0.39 is 31.6 Å². The van der Waals surface area contributed by atoms with Crippen molar-refractivity contribution >= 4 is 31.0 Å². The summed E-state index contributed by atoms with van der Waals surface area (Å²) < 4.78 is 63.5. The van der Waals surface area contributed by atoms with Gasteiger partial charge in [0, 0.05) is 11.4 Å². The molecule has 0 heterocycles. The Hall–Kier alpha value is -4.87. The van der Waals surface area contributed by atoms with E-state index in [4.69, 9.17) is 35.0 Å². The lowest BCUT2D eigenvalue weighted by Crippen LogP contribution is -2.41. The van der Waals surface area contributed by atoms with Crippen molar-refractivity contribution in [3.8, 4) is 11.5 Å². The fraction of sp³-hybridized carbons (Fsp3) is 0.310. The van der Waals surface area contributed by atoms with Crippen LogP contribution >= 0.6 is 7.60 Å². The maximum Gasteiger partial charge on any atom is 0.453 e. The summed E-state index contributed by atoms with van der Waals surface area (Å²) in [5.74, 6) is -3.38. The first-order valence-corrected chi connectivity index (χ1v) is 15.2. The molecule has 3 aromatic carbocycles. The number of ether oxygens (including phenoxy) is 1. The Kier molecular flexibility index (Phi) is 14.6. The van der Waals surface area contributed by atoms with Gasteiger partial charge in [0.1, 0.15) is 34.7 Å². The SMILES string of the molecule is CC(N(C(=O)OCCCCCCN=[N+]=N)c1ccc(N)cc1)P(=O)(Oc1ccccc1)Oc1ccccc1.O=C([O-])C(F)(F)F. The number of hydrogen-bond acceptors (Lipinski definition) is 10. The average Bonchev–Trinajstić information content (AvgIpc) is 3.00. The number of benzene rings is 3. The molecule has 0 fully saturated rings. The van der Waals surface area contributed by atoms with Gasteiger partial charge < -0.3 is 29.4 Å². The molecule has 0 spiro atoms. The Morgan fingerprint density at radius 1 is 0.933 bits per heavy atom. The number of carbonyl (C=O) groups excluding carboxylic acids is 2. The van der Waals surface area contributed by atoms with Crippen molar-refractivity contribution in [2.45, 2.75) is 44.6 Å². The third-order valence-corrected chi connectivity index (χ3v) is 7.91. The Bertz CT molecular complexity index is 1400. The summed E-state index contributed by atoms with van der Waals surface area (Å²) in [6.45, 7) is 2.29. The molecule has 0 saturated carbocycles. The van der Waals surface area contributed by atoms with Gasteiger partial charge in [0.05, 0.1) is 6.61 Å². The van der Waals surface area contributed by atoms with Crippen LogP contribution in [0.4, 0.5) is 29.3 Å². The van der Waals surface area contributed by atoms with Crippen LogP contribution in [0, 0.1) is 5.53 Å². The van der Waals surface area contributed by atoms with Gasteiger partial charge in [-0.2, -0.15) is 13.2 Å². The van der Waals surface area contributed by atoms with Gasteiger partial charge >= 0.3 is 19.9 Å². The predicted molar refractivity (Wildman–Crippen MR) is 158 cm³/mol. The molecule has 0 aliphatic heterocycles. The number of halogens is 3. The van der Waals surface area contributed by atoms with Gasteiger partial charge in [-0.25, -0.2) is 9.36 Å². The zero-order chi connectivity index (χ0) is 33.3. The van der Waals surface area contributed by atoms with E-state index in [-0.39, 0.29) is 6.61 Å². The molecule has 242 valence electrons. The molecule has 0 radical (unpaired) electrons. The summed E-state index contributed by atoms with van der Waals surface area (Å²) in [5.41, 5.74) is 13.5. The molecular formula is C29H33F3N5O7P. The number of rotatable bonds is 14. The molecule has 12 nitrogen and oxygen atoms in total. The molecule has 0 aliphatic rings. The van der Waals surface area contributed by atoms with Crippen LogP contribution in [0.5, 0.6) is 11.5 Å². The Morgan fingerprint density at radius 3 is 1.89 bits per heavy atom. The number of alkyl halides is 3. The van der Waals surface area contributed by atoms with Gasteiger partial charge in [-0.3, -0.25) is 4.90 Å². The summed E-state index contributed by atoms with van der Waals surface area (Å²) >= 11 is 0. The third-order valence-electron chi connectivity index (χ3n) is 5.83. The molecule has 1 atom stereocenters. The van der Waals surface area contributed by atoms with E-state index in [0.29, 0.717) is 35.8 Å². The maximum atomic E-state index is 14.4. The van der Waals surface area contributed by atoms with E-state index in [0.717, 1.165) is 19.3 Å². The minimum Gasteiger partial charge on any atom is -0.542 e. The lowest BCUT2D eigenvalue weighted by atomic mass is 10.2. The molecule has 16 heteroatoms. The van der Waals surface area contributed by atoms with Crippen molar-refractivity contribution in [1.82, 2.24) is 4.91 Å². The van der Waals surface area contributed by atoms with E-state index in [9.17, 15) is 22.5 Å². The summed E-state index contributed by atoms with van der Waals surface area (Å²) in [4.78, 5) is 26.4. The summed E-state index contributed by atoms with van der Waals surface area (Å²) in [6.07, 6.45) is -2.72. The van der Waals surface area contributed by atoms with Gasteiger partial charge in [-0.05, 0) is 74.7 Å². The number of anilines is 2. The summed E-state index contributed by atoms with van der Waals surface area (Å²) in [7, 11) is -4.04. The second-order valence-electron chi connectivity index (χ2n) is 9.22. The van der Waals surface area contributed by atoms with Crippen LogP contribution in [0.25, 0.3) is 0 Å². The number of nitrogens with zero attached hydrogens (tertiary/aromatic N) is 3. The smallest absolute Gasteiger partial charge is 0.453 e. The molecule has 0 aromatic heterocycles. The van der Waals surface area contributed by atoms with E-state index >= 15 is 0 Å². The van der Waals surface area contributed by atoms with Crippen molar-refractivity contribution in [3.05, 3.63) is 84.9 Å². The molecule has 1 unspecified atom stereocenters. The highest BCUT2D eigenvalue weighted by Gasteiger charge is 2.43. The molecule has 1 amide bonds. The van der Waals surface area contributed by atoms with Crippen LogP contribution in [0.15, 0.2) is 90.0 Å². The summed E-state index contributed by atoms with van der Waals surface area (Å²) in [6, 6.07) is 24.0. The quantitative estimate of drug-likeness (QED) is 0.0668. The van der Waals surface area contributed by atoms with E-state index in [1.807, 2.05) is 12.1 Å². The number of hydrogen-bond donors (Lipinski definition) is 2. The lowest BCUT2D eigenvalue weighted by molar-refractivity contribution is -0.344. The molecule has 3 aromatic rings. The zero-order valence-corrected chi connectivity index (χ0v) is 25.2. The van der Waals surface area contributed by atoms with Crippen molar-refractivity contribution in [3.63, 3.8) is 0 Å². The largest absolute Gasteiger partial charge is 0.542 e. The normalized spacial score (nSPS) is 11.6. The van der Waals surface area contributed by atoms with Gasteiger partial charge in [0.2, 0.25) is 4.91 Å². The third kappa shape index (κ3) is 12.7. The first kappa shape index (κ1) is 36.3. The van der Waals surface area contributed by atoms with Crippen molar-refractivity contribution in [2.75, 3.05) is 23.8 Å². The van der Waals surface area contributed by atoms with Crippen LogP contribution in [0.3, 0.4) is 0 Å². The molecule has 45 heavy (non-hydrogen) atoms.